The first-order valence-corrected chi connectivity index (χ1v) is 16.5. The van der Waals surface area contributed by atoms with Gasteiger partial charge in [-0.3, -0.25) is 14.5 Å². The molecule has 6 rings (SSSR count). The number of nitrogens with zero attached hydrogens (tertiary/aromatic N) is 3. The van der Waals surface area contributed by atoms with Crippen LogP contribution in [0.5, 0.6) is 11.5 Å². The van der Waals surface area contributed by atoms with Crippen LogP contribution in [0.3, 0.4) is 0 Å². The lowest BCUT2D eigenvalue weighted by molar-refractivity contribution is -0.132. The average Bonchev–Trinajstić information content (AvgIpc) is 3.71. The average molecular weight is 646 g/mol. The van der Waals surface area contributed by atoms with Gasteiger partial charge in [0.2, 0.25) is 5.13 Å². The Kier molecular flexibility index (Phi) is 8.91. The Hall–Kier alpha value is -4.22. The lowest BCUT2D eigenvalue weighted by atomic mass is 9.94. The molecule has 0 radical (unpaired) electrons. The third kappa shape index (κ3) is 6.60. The van der Waals surface area contributed by atoms with E-state index in [-0.39, 0.29) is 28.4 Å². The number of hydrogen-bond donors (Lipinski definition) is 1. The van der Waals surface area contributed by atoms with Crippen molar-refractivity contribution in [2.45, 2.75) is 55.9 Å². The highest BCUT2D eigenvalue weighted by atomic mass is 32.2. The highest BCUT2D eigenvalue weighted by molar-refractivity contribution is 8.00. The van der Waals surface area contributed by atoms with E-state index in [9.17, 15) is 19.1 Å². The number of carbonyl (C=O) groups is 2. The van der Waals surface area contributed by atoms with Crippen molar-refractivity contribution in [3.63, 3.8) is 0 Å². The number of benzene rings is 3. The van der Waals surface area contributed by atoms with Gasteiger partial charge in [-0.2, -0.15) is 0 Å². The van der Waals surface area contributed by atoms with E-state index in [0.29, 0.717) is 45.9 Å². The Labute approximate surface area is 268 Å². The number of hydrogen-bond acceptors (Lipinski definition) is 9. The van der Waals surface area contributed by atoms with Crippen LogP contribution in [0.4, 0.5) is 9.52 Å². The maximum atomic E-state index is 13.7. The quantitative estimate of drug-likeness (QED) is 0.0629. The van der Waals surface area contributed by atoms with E-state index in [0.717, 1.165) is 23.3 Å². The van der Waals surface area contributed by atoms with E-state index in [1.54, 1.807) is 48.5 Å². The molecular formula is C34H32FN3O5S2. The molecule has 2 unspecified atom stereocenters. The number of anilines is 1. The van der Waals surface area contributed by atoms with Crippen LogP contribution in [-0.2, 0) is 21.8 Å². The zero-order valence-corrected chi connectivity index (χ0v) is 26.7. The molecular weight excluding hydrogens is 614 g/mol. The molecule has 3 aromatic carbocycles. The molecule has 45 heavy (non-hydrogen) atoms. The molecule has 0 bridgehead atoms. The summed E-state index contributed by atoms with van der Waals surface area (Å²) in [6, 6.07) is 17.7. The number of ketones is 1. The number of carbonyl (C=O) groups excluding carboxylic acids is 2. The number of thioether (sulfide) groups is 1. The van der Waals surface area contributed by atoms with Gasteiger partial charge in [0.1, 0.15) is 29.2 Å². The molecule has 1 fully saturated rings. The Morgan fingerprint density at radius 1 is 1.13 bits per heavy atom. The van der Waals surface area contributed by atoms with Gasteiger partial charge >= 0.3 is 5.91 Å². The van der Waals surface area contributed by atoms with Gasteiger partial charge in [-0.1, -0.05) is 61.2 Å². The van der Waals surface area contributed by atoms with Crippen LogP contribution >= 0.6 is 23.1 Å². The maximum Gasteiger partial charge on any atom is 0.301 e. The van der Waals surface area contributed by atoms with Crippen LogP contribution in [0.1, 0.15) is 55.5 Å². The van der Waals surface area contributed by atoms with Gasteiger partial charge in [0.15, 0.2) is 4.34 Å². The molecule has 1 amide bonds. The summed E-state index contributed by atoms with van der Waals surface area (Å²) in [6.45, 7) is 6.72. The van der Waals surface area contributed by atoms with Crippen LogP contribution in [0.2, 0.25) is 0 Å². The summed E-state index contributed by atoms with van der Waals surface area (Å²) < 4.78 is 25.7. The second-order valence-corrected chi connectivity index (χ2v) is 13.7. The van der Waals surface area contributed by atoms with Crippen molar-refractivity contribution in [2.75, 3.05) is 11.5 Å². The van der Waals surface area contributed by atoms with Crippen LogP contribution < -0.4 is 14.4 Å². The highest BCUT2D eigenvalue weighted by Crippen LogP contribution is 2.45. The molecule has 0 aliphatic carbocycles. The minimum absolute atomic E-state index is 0.00828. The van der Waals surface area contributed by atoms with E-state index >= 15 is 0 Å². The van der Waals surface area contributed by atoms with Crippen molar-refractivity contribution < 1.29 is 28.6 Å². The van der Waals surface area contributed by atoms with Gasteiger partial charge in [-0.15, -0.1) is 10.2 Å². The predicted molar refractivity (Wildman–Crippen MR) is 172 cm³/mol. The molecule has 232 valence electrons. The molecule has 0 saturated carbocycles. The predicted octanol–water partition coefficient (Wildman–Crippen LogP) is 7.34. The second-order valence-electron chi connectivity index (χ2n) is 11.5. The molecule has 2 aliphatic rings. The van der Waals surface area contributed by atoms with E-state index in [2.05, 4.69) is 24.0 Å². The third-order valence-electron chi connectivity index (χ3n) is 7.63. The number of Topliss-reactive ketones (excluding diaryl/α,β-unsaturated/α-hetero) is 1. The van der Waals surface area contributed by atoms with Crippen LogP contribution in [-0.4, -0.2) is 39.7 Å². The van der Waals surface area contributed by atoms with Crippen molar-refractivity contribution in [1.29, 1.82) is 0 Å². The van der Waals surface area contributed by atoms with Crippen molar-refractivity contribution in [1.82, 2.24) is 10.2 Å². The van der Waals surface area contributed by atoms with Gasteiger partial charge < -0.3 is 14.6 Å². The van der Waals surface area contributed by atoms with E-state index in [4.69, 9.17) is 9.47 Å². The van der Waals surface area contributed by atoms with Crippen molar-refractivity contribution >= 4 is 45.7 Å². The Morgan fingerprint density at radius 2 is 1.93 bits per heavy atom. The molecule has 11 heteroatoms. The largest absolute Gasteiger partial charge is 0.507 e. The van der Waals surface area contributed by atoms with Gasteiger partial charge in [0.25, 0.3) is 5.78 Å². The van der Waals surface area contributed by atoms with Crippen molar-refractivity contribution in [2.24, 2.45) is 5.92 Å². The molecule has 2 atom stereocenters. The van der Waals surface area contributed by atoms with E-state index in [1.807, 2.05) is 13.0 Å². The first-order chi connectivity index (χ1) is 21.7. The lowest BCUT2D eigenvalue weighted by Crippen LogP contribution is -2.29. The van der Waals surface area contributed by atoms with E-state index in [1.165, 1.54) is 40.1 Å². The molecule has 0 spiro atoms. The zero-order chi connectivity index (χ0) is 31.7. The third-order valence-corrected chi connectivity index (χ3v) is 9.76. The first kappa shape index (κ1) is 30.8. The SMILES string of the molecule is CC(C)CCOc1cccc(C2C(=C(O)c3ccc4c(c3)CC(C)O4)C(=O)C(=O)N2c2nnc(SCc3ccc(F)cc3)s2)c1. The second kappa shape index (κ2) is 13.0. The van der Waals surface area contributed by atoms with Gasteiger partial charge in [-0.05, 0) is 78.4 Å². The van der Waals surface area contributed by atoms with E-state index < -0.39 is 17.7 Å². The summed E-state index contributed by atoms with van der Waals surface area (Å²) in [5.74, 6) is 0.111. The van der Waals surface area contributed by atoms with Crippen LogP contribution in [0, 0.1) is 11.7 Å². The molecule has 3 heterocycles. The molecule has 1 aromatic heterocycles. The molecule has 1 saturated heterocycles. The fourth-order valence-corrected chi connectivity index (χ4v) is 7.16. The minimum atomic E-state index is -0.968. The molecule has 1 N–H and O–H groups in total. The Balaban J connectivity index is 1.37. The number of aromatic nitrogens is 2. The summed E-state index contributed by atoms with van der Waals surface area (Å²) in [5.41, 5.74) is 2.80. The Morgan fingerprint density at radius 3 is 2.71 bits per heavy atom. The molecule has 2 aliphatic heterocycles. The fraction of sp³-hybridized carbons (Fsp3) is 0.294. The van der Waals surface area contributed by atoms with Gasteiger partial charge in [0.05, 0.1) is 18.2 Å². The van der Waals surface area contributed by atoms with Gasteiger partial charge in [0, 0.05) is 17.7 Å². The molecule has 8 nitrogen and oxygen atoms in total. The van der Waals surface area contributed by atoms with Crippen LogP contribution in [0.25, 0.3) is 5.76 Å². The zero-order valence-electron chi connectivity index (χ0n) is 25.0. The number of ether oxygens (including phenoxy) is 2. The highest BCUT2D eigenvalue weighted by Gasteiger charge is 2.48. The van der Waals surface area contributed by atoms with Gasteiger partial charge in [-0.25, -0.2) is 4.39 Å². The monoisotopic (exact) mass is 645 g/mol. The smallest absolute Gasteiger partial charge is 0.301 e. The van der Waals surface area contributed by atoms with Crippen molar-refractivity contribution in [3.05, 3.63) is 100 Å². The topological polar surface area (TPSA) is 102 Å². The number of fused-ring (bicyclic) bond motifs is 1. The summed E-state index contributed by atoms with van der Waals surface area (Å²) in [7, 11) is 0. The number of amides is 1. The number of aliphatic hydroxyl groups is 1. The summed E-state index contributed by atoms with van der Waals surface area (Å²) in [6.07, 6.45) is 1.55. The van der Waals surface area contributed by atoms with Crippen molar-refractivity contribution in [3.8, 4) is 11.5 Å². The Bertz CT molecular complexity index is 1770. The molecule has 4 aromatic rings. The number of aliphatic hydroxyl groups excluding tert-OH is 1. The summed E-state index contributed by atoms with van der Waals surface area (Å²) in [5, 5.41) is 20.4. The lowest BCUT2D eigenvalue weighted by Gasteiger charge is -2.23. The fourth-order valence-electron chi connectivity index (χ4n) is 5.34. The number of rotatable bonds is 10. The number of halogens is 1. The summed E-state index contributed by atoms with van der Waals surface area (Å²) >= 11 is 2.57. The normalized spacial score (nSPS) is 18.8. The first-order valence-electron chi connectivity index (χ1n) is 14.7. The standard InChI is InChI=1S/C34H32FN3O5S2/c1-19(2)13-14-42-26-6-4-5-22(17-26)29-28(30(39)23-9-12-27-24(16-23)15-20(3)43-27)31(40)32(41)38(29)33-36-37-34(45-33)44-18-21-7-10-25(35)11-8-21/h4-12,16-17,19-20,29,39H,13-15,18H2,1-3H3. The van der Waals surface area contributed by atoms with Crippen LogP contribution in [0.15, 0.2) is 76.6 Å². The summed E-state index contributed by atoms with van der Waals surface area (Å²) in [4.78, 5) is 28.7. The minimum Gasteiger partial charge on any atom is -0.507 e. The maximum absolute atomic E-state index is 13.7.